The minimum atomic E-state index is -3.32. The molecule has 0 spiro atoms. The van der Waals surface area contributed by atoms with Crippen molar-refractivity contribution < 1.29 is 37.1 Å². The maximum Gasteiger partial charge on any atom is 0.264 e. The van der Waals surface area contributed by atoms with Crippen molar-refractivity contribution in [2.75, 3.05) is 6.54 Å². The predicted octanol–water partition coefficient (Wildman–Crippen LogP) is 3.12. The Bertz CT molecular complexity index is 1470. The number of carbonyl (C=O) groups excluding carboxylic acids is 3. The number of alkyl halides is 2. The van der Waals surface area contributed by atoms with E-state index in [1.54, 1.807) is 0 Å². The summed E-state index contributed by atoms with van der Waals surface area (Å²) in [5.41, 5.74) is -2.48. The van der Waals surface area contributed by atoms with Gasteiger partial charge < -0.3 is 20.6 Å². The molecule has 2 aromatic carbocycles. The molecule has 2 aromatic rings. The average molecular weight is 585 g/mol. The summed E-state index contributed by atoms with van der Waals surface area (Å²) in [6.07, 6.45) is 0.432. The van der Waals surface area contributed by atoms with Gasteiger partial charge in [0.1, 0.15) is 23.7 Å². The number of fused-ring (bicyclic) bond motifs is 6. The van der Waals surface area contributed by atoms with E-state index in [1.807, 2.05) is 6.07 Å². The van der Waals surface area contributed by atoms with Crippen molar-refractivity contribution >= 4 is 17.7 Å². The summed E-state index contributed by atoms with van der Waals surface area (Å²) in [5, 5.41) is 27.0. The van der Waals surface area contributed by atoms with Crippen LogP contribution in [0, 0.1) is 34.8 Å². The molecule has 0 unspecified atom stereocenters. The van der Waals surface area contributed by atoms with Crippen LogP contribution < -0.4 is 10.6 Å². The van der Waals surface area contributed by atoms with E-state index in [4.69, 9.17) is 0 Å². The zero-order chi connectivity index (χ0) is 30.0. The first-order valence-electron chi connectivity index (χ1n) is 14.0. The molecule has 7 rings (SSSR count). The number of nitrogens with one attached hydrogen (secondary N) is 2. The van der Waals surface area contributed by atoms with Gasteiger partial charge in [0, 0.05) is 36.1 Å². The molecular weight excluding hydrogens is 556 g/mol. The van der Waals surface area contributed by atoms with Gasteiger partial charge >= 0.3 is 0 Å². The minimum Gasteiger partial charge on any atom is -0.372 e. The van der Waals surface area contributed by atoms with Gasteiger partial charge in [-0.25, -0.2) is 17.6 Å². The molecular formula is C30H28F4N4O4. The third-order valence-electron chi connectivity index (χ3n) is 9.17. The lowest BCUT2D eigenvalue weighted by Crippen LogP contribution is -2.70. The number of aliphatic hydroxyl groups is 1. The van der Waals surface area contributed by atoms with Crippen molar-refractivity contribution in [2.45, 2.75) is 68.2 Å². The third kappa shape index (κ3) is 4.33. The van der Waals surface area contributed by atoms with Crippen LogP contribution in [0.2, 0.25) is 0 Å². The lowest BCUT2D eigenvalue weighted by atomic mass is 9.70. The van der Waals surface area contributed by atoms with E-state index in [0.717, 1.165) is 29.2 Å². The van der Waals surface area contributed by atoms with Gasteiger partial charge in [-0.3, -0.25) is 14.4 Å². The average Bonchev–Trinajstić information content (AvgIpc) is 3.20. The highest BCUT2D eigenvalue weighted by molar-refractivity contribution is 6.01. The van der Waals surface area contributed by atoms with E-state index < -0.39 is 71.4 Å². The number of rotatable bonds is 5. The SMILES string of the molecule is N#C[C@@H](C[C@@H]1CCCNC1=O)NC(=O)[C@H]1[C@H]2CC[C@H](CC2(F)F)N1C(=O)C1(O)c2cc(F)ccc2-c2ccc(F)cc21. The fraction of sp³-hybridized carbons (Fsp3) is 0.467. The molecule has 4 fully saturated rings. The molecule has 1 saturated carbocycles. The molecule has 0 radical (unpaired) electrons. The molecule has 8 nitrogen and oxygen atoms in total. The standard InChI is InChI=1S/C30H28F4N4O4/c31-16-3-6-20-21-7-4-17(32)12-24(21)30(42,23(20)11-16)28(41)38-19-5-8-22(29(33,34)13-19)25(38)27(40)37-18(14-35)10-15-2-1-9-36-26(15)39/h3-4,6-7,11-12,15,18-19,22,25,42H,1-2,5,8-10,13H2,(H,36,39)(H,37,40)/t15-,18+,19+,22+,25+/m0/s1. The zero-order valence-corrected chi connectivity index (χ0v) is 22.4. The molecule has 3 saturated heterocycles. The molecule has 3 N–H and O–H groups in total. The van der Waals surface area contributed by atoms with Gasteiger partial charge in [0.25, 0.3) is 11.8 Å². The van der Waals surface area contributed by atoms with Crippen LogP contribution >= 0.6 is 0 Å². The molecule has 12 heteroatoms. The lowest BCUT2D eigenvalue weighted by molar-refractivity contribution is -0.201. The quantitative estimate of drug-likeness (QED) is 0.467. The Labute approximate surface area is 238 Å². The third-order valence-corrected chi connectivity index (χ3v) is 9.17. The number of halogens is 4. The first-order valence-corrected chi connectivity index (χ1v) is 14.0. The fourth-order valence-corrected chi connectivity index (χ4v) is 7.21. The van der Waals surface area contributed by atoms with Gasteiger partial charge in [-0.15, -0.1) is 0 Å². The van der Waals surface area contributed by atoms with Gasteiger partial charge in [-0.05, 0) is 67.5 Å². The number of nitriles is 1. The molecule has 42 heavy (non-hydrogen) atoms. The summed E-state index contributed by atoms with van der Waals surface area (Å²) < 4.78 is 59.4. The topological polar surface area (TPSA) is 123 Å². The van der Waals surface area contributed by atoms with E-state index in [-0.39, 0.29) is 47.4 Å². The highest BCUT2D eigenvalue weighted by Gasteiger charge is 2.63. The molecule has 220 valence electrons. The normalized spacial score (nSPS) is 27.3. The number of amides is 3. The van der Waals surface area contributed by atoms with E-state index in [0.29, 0.717) is 19.4 Å². The van der Waals surface area contributed by atoms with Gasteiger partial charge in [0.15, 0.2) is 5.60 Å². The summed E-state index contributed by atoms with van der Waals surface area (Å²) in [6, 6.07) is 4.60. The van der Waals surface area contributed by atoms with E-state index in [9.17, 15) is 33.5 Å². The van der Waals surface area contributed by atoms with Crippen LogP contribution in [-0.4, -0.2) is 58.3 Å². The Balaban J connectivity index is 1.38. The number of benzene rings is 2. The second-order valence-corrected chi connectivity index (χ2v) is 11.6. The summed E-state index contributed by atoms with van der Waals surface area (Å²) in [7, 11) is 0. The summed E-state index contributed by atoms with van der Waals surface area (Å²) in [5.74, 6) is -9.48. The second kappa shape index (κ2) is 10.1. The molecule has 5 aliphatic rings. The Hall–Kier alpha value is -3.98. The predicted molar refractivity (Wildman–Crippen MR) is 139 cm³/mol. The fourth-order valence-electron chi connectivity index (χ4n) is 7.21. The molecule has 2 bridgehead atoms. The van der Waals surface area contributed by atoms with Crippen LogP contribution in [0.15, 0.2) is 36.4 Å². The van der Waals surface area contributed by atoms with Crippen LogP contribution in [0.25, 0.3) is 11.1 Å². The second-order valence-electron chi connectivity index (χ2n) is 11.6. The highest BCUT2D eigenvalue weighted by atomic mass is 19.3. The summed E-state index contributed by atoms with van der Waals surface area (Å²) >= 11 is 0. The Morgan fingerprint density at radius 3 is 2.31 bits per heavy atom. The van der Waals surface area contributed by atoms with Crippen molar-refractivity contribution in [3.05, 3.63) is 59.2 Å². The van der Waals surface area contributed by atoms with E-state index in [2.05, 4.69) is 10.6 Å². The van der Waals surface area contributed by atoms with Crippen molar-refractivity contribution in [3.8, 4) is 17.2 Å². The van der Waals surface area contributed by atoms with Gasteiger partial charge in [-0.2, -0.15) is 5.26 Å². The van der Waals surface area contributed by atoms with Crippen LogP contribution in [0.4, 0.5) is 17.6 Å². The first kappa shape index (κ1) is 28.2. The van der Waals surface area contributed by atoms with Crippen LogP contribution in [0.5, 0.6) is 0 Å². The monoisotopic (exact) mass is 584 g/mol. The maximum atomic E-state index is 15.2. The van der Waals surface area contributed by atoms with Gasteiger partial charge in [-0.1, -0.05) is 12.1 Å². The Morgan fingerprint density at radius 2 is 1.74 bits per heavy atom. The number of piperidine rings is 3. The summed E-state index contributed by atoms with van der Waals surface area (Å²) in [6.45, 7) is 0.499. The molecule has 3 aliphatic heterocycles. The van der Waals surface area contributed by atoms with Crippen LogP contribution in [-0.2, 0) is 20.0 Å². The van der Waals surface area contributed by atoms with E-state index >= 15 is 8.78 Å². The van der Waals surface area contributed by atoms with Crippen LogP contribution in [0.3, 0.4) is 0 Å². The van der Waals surface area contributed by atoms with Gasteiger partial charge in [0.05, 0.1) is 12.0 Å². The maximum absolute atomic E-state index is 15.2. The highest BCUT2D eigenvalue weighted by Crippen LogP contribution is 2.54. The van der Waals surface area contributed by atoms with Crippen molar-refractivity contribution in [3.63, 3.8) is 0 Å². The molecule has 2 aliphatic carbocycles. The van der Waals surface area contributed by atoms with Crippen LogP contribution in [0.1, 0.15) is 49.7 Å². The number of carbonyl (C=O) groups is 3. The smallest absolute Gasteiger partial charge is 0.264 e. The van der Waals surface area contributed by atoms with E-state index in [1.165, 1.54) is 12.1 Å². The molecule has 0 aromatic heterocycles. The minimum absolute atomic E-state index is 0.0392. The number of hydrogen-bond acceptors (Lipinski definition) is 5. The number of nitrogens with zero attached hydrogens (tertiary/aromatic N) is 2. The Kier molecular flexibility index (Phi) is 6.76. The number of hydrogen-bond donors (Lipinski definition) is 3. The summed E-state index contributed by atoms with van der Waals surface area (Å²) in [4.78, 5) is 41.3. The first-order chi connectivity index (χ1) is 20.0. The molecule has 3 heterocycles. The van der Waals surface area contributed by atoms with Crippen molar-refractivity contribution in [2.24, 2.45) is 11.8 Å². The lowest BCUT2D eigenvalue weighted by Gasteiger charge is -2.54. The van der Waals surface area contributed by atoms with Gasteiger partial charge in [0.2, 0.25) is 11.8 Å². The Morgan fingerprint density at radius 1 is 1.10 bits per heavy atom. The molecule has 3 amide bonds. The largest absolute Gasteiger partial charge is 0.372 e. The zero-order valence-electron chi connectivity index (χ0n) is 22.4. The molecule has 5 atom stereocenters. The van der Waals surface area contributed by atoms with Crippen molar-refractivity contribution in [1.82, 2.24) is 15.5 Å². The van der Waals surface area contributed by atoms with Crippen molar-refractivity contribution in [1.29, 1.82) is 5.26 Å².